The molecular weight excluding hydrogens is 339 g/mol. The van der Waals surface area contributed by atoms with Crippen LogP contribution in [-0.2, 0) is 9.47 Å². The van der Waals surface area contributed by atoms with Gasteiger partial charge in [-0.1, -0.05) is 48.8 Å². The van der Waals surface area contributed by atoms with Crippen molar-refractivity contribution in [2.75, 3.05) is 6.61 Å². The molecule has 1 aliphatic carbocycles. The average molecular weight is 366 g/mol. The van der Waals surface area contributed by atoms with Gasteiger partial charge >= 0.3 is 0 Å². The molecule has 0 heterocycles. The molecule has 0 N–H and O–H groups in total. The molecule has 1 fully saturated rings. The zero-order valence-electron chi connectivity index (χ0n) is 12.0. The van der Waals surface area contributed by atoms with Gasteiger partial charge in [0.05, 0.1) is 6.10 Å². The van der Waals surface area contributed by atoms with E-state index in [-0.39, 0.29) is 12.4 Å². The molecule has 0 aromatic carbocycles. The summed E-state index contributed by atoms with van der Waals surface area (Å²) in [6.07, 6.45) is 10.1. The van der Waals surface area contributed by atoms with Gasteiger partial charge in [-0.3, -0.25) is 0 Å². The van der Waals surface area contributed by atoms with Crippen molar-refractivity contribution in [3.8, 4) is 0 Å². The van der Waals surface area contributed by atoms with Crippen LogP contribution in [0.25, 0.3) is 0 Å². The monoisotopic (exact) mass is 366 g/mol. The summed E-state index contributed by atoms with van der Waals surface area (Å²) in [5.74, 6) is 0. The molecule has 1 rings (SSSR count). The Morgan fingerprint density at radius 1 is 1.33 bits per heavy atom. The second-order valence-electron chi connectivity index (χ2n) is 5.22. The fourth-order valence-electron chi connectivity index (χ4n) is 2.78. The number of rotatable bonds is 9. The molecule has 0 aliphatic heterocycles. The molecule has 1 saturated carbocycles. The molecule has 0 saturated heterocycles. The van der Waals surface area contributed by atoms with Crippen LogP contribution in [0.2, 0.25) is 0 Å². The maximum atomic E-state index is 6.12. The highest BCUT2D eigenvalue weighted by Crippen LogP contribution is 2.49. The summed E-state index contributed by atoms with van der Waals surface area (Å²) in [5.41, 5.74) is 0.378. The zero-order chi connectivity index (χ0) is 13.4. The summed E-state index contributed by atoms with van der Waals surface area (Å²) in [6, 6.07) is 0. The molecule has 2 nitrogen and oxygen atoms in total. The van der Waals surface area contributed by atoms with E-state index in [1.807, 2.05) is 13.8 Å². The Morgan fingerprint density at radius 3 is 2.50 bits per heavy atom. The van der Waals surface area contributed by atoms with E-state index in [0.29, 0.717) is 12.0 Å². The Hall–Kier alpha value is 0.390. The van der Waals surface area contributed by atoms with Gasteiger partial charge in [0.1, 0.15) is 0 Å². The first-order chi connectivity index (χ1) is 8.68. The third-order valence-electron chi connectivity index (χ3n) is 3.97. The number of hydrogen-bond donors (Lipinski definition) is 0. The Bertz CT molecular complexity index is 249. The van der Waals surface area contributed by atoms with E-state index in [0.717, 1.165) is 0 Å². The highest BCUT2D eigenvalue weighted by atomic mass is 127. The lowest BCUT2D eigenvalue weighted by molar-refractivity contribution is -0.186. The SMILES string of the molecule is CCCCC1(C(C=CI)OC(C)OCC)CCC1. The highest BCUT2D eigenvalue weighted by molar-refractivity contribution is 14.1. The first-order valence-corrected chi connectivity index (χ1v) is 8.47. The van der Waals surface area contributed by atoms with Crippen molar-refractivity contribution >= 4 is 22.6 Å². The summed E-state index contributed by atoms with van der Waals surface area (Å²) in [7, 11) is 0. The largest absolute Gasteiger partial charge is 0.353 e. The molecule has 18 heavy (non-hydrogen) atoms. The van der Waals surface area contributed by atoms with Gasteiger partial charge in [0, 0.05) is 12.0 Å². The van der Waals surface area contributed by atoms with Crippen LogP contribution in [0.4, 0.5) is 0 Å². The quantitative estimate of drug-likeness (QED) is 0.419. The van der Waals surface area contributed by atoms with Gasteiger partial charge in [-0.25, -0.2) is 0 Å². The molecule has 0 spiro atoms. The van der Waals surface area contributed by atoms with Gasteiger partial charge < -0.3 is 9.47 Å². The molecule has 2 unspecified atom stereocenters. The second kappa shape index (κ2) is 8.54. The second-order valence-corrected chi connectivity index (χ2v) is 5.94. The Labute approximate surface area is 126 Å². The van der Waals surface area contributed by atoms with E-state index in [2.05, 4.69) is 39.7 Å². The topological polar surface area (TPSA) is 18.5 Å². The minimum absolute atomic E-state index is 0.105. The molecule has 2 atom stereocenters. The molecule has 0 amide bonds. The summed E-state index contributed by atoms with van der Waals surface area (Å²) < 4.78 is 13.7. The van der Waals surface area contributed by atoms with E-state index < -0.39 is 0 Å². The van der Waals surface area contributed by atoms with E-state index >= 15 is 0 Å². The van der Waals surface area contributed by atoms with E-state index in [1.165, 1.54) is 38.5 Å². The third kappa shape index (κ3) is 4.49. The van der Waals surface area contributed by atoms with Crippen LogP contribution in [0.15, 0.2) is 10.2 Å². The van der Waals surface area contributed by atoms with Crippen LogP contribution < -0.4 is 0 Å². The fraction of sp³-hybridized carbons (Fsp3) is 0.867. The lowest BCUT2D eigenvalue weighted by atomic mass is 9.62. The molecule has 3 heteroatoms. The van der Waals surface area contributed by atoms with Crippen molar-refractivity contribution < 1.29 is 9.47 Å². The van der Waals surface area contributed by atoms with Gasteiger partial charge in [-0.2, -0.15) is 0 Å². The van der Waals surface area contributed by atoms with E-state index in [1.54, 1.807) is 0 Å². The van der Waals surface area contributed by atoms with Crippen molar-refractivity contribution in [2.24, 2.45) is 5.41 Å². The van der Waals surface area contributed by atoms with Gasteiger partial charge in [0.25, 0.3) is 0 Å². The van der Waals surface area contributed by atoms with Crippen molar-refractivity contribution in [1.29, 1.82) is 0 Å². The Morgan fingerprint density at radius 2 is 2.06 bits per heavy atom. The van der Waals surface area contributed by atoms with Gasteiger partial charge in [-0.05, 0) is 43.3 Å². The van der Waals surface area contributed by atoms with Crippen molar-refractivity contribution in [3.05, 3.63) is 10.2 Å². The number of ether oxygens (including phenoxy) is 2. The van der Waals surface area contributed by atoms with Crippen LogP contribution in [0.1, 0.15) is 59.3 Å². The summed E-state index contributed by atoms with van der Waals surface area (Å²) in [4.78, 5) is 0. The third-order valence-corrected chi connectivity index (χ3v) is 4.38. The normalized spacial score (nSPS) is 21.8. The maximum Gasteiger partial charge on any atom is 0.155 e. The van der Waals surface area contributed by atoms with Crippen LogP contribution in [-0.4, -0.2) is 19.0 Å². The Balaban J connectivity index is 2.63. The first-order valence-electron chi connectivity index (χ1n) is 7.22. The lowest BCUT2D eigenvalue weighted by Gasteiger charge is -2.47. The van der Waals surface area contributed by atoms with Crippen molar-refractivity contribution in [2.45, 2.75) is 71.7 Å². The number of halogens is 1. The molecule has 1 aliphatic rings. The Kier molecular flexibility index (Phi) is 7.80. The van der Waals surface area contributed by atoms with Gasteiger partial charge in [0.15, 0.2) is 6.29 Å². The molecule has 0 bridgehead atoms. The minimum atomic E-state index is -0.105. The first kappa shape index (κ1) is 16.4. The van der Waals surface area contributed by atoms with Crippen molar-refractivity contribution in [3.63, 3.8) is 0 Å². The van der Waals surface area contributed by atoms with Crippen molar-refractivity contribution in [1.82, 2.24) is 0 Å². The predicted octanol–water partition coefficient (Wildman–Crippen LogP) is 5.06. The zero-order valence-corrected chi connectivity index (χ0v) is 14.1. The average Bonchev–Trinajstić information content (AvgIpc) is 2.28. The van der Waals surface area contributed by atoms with Crippen LogP contribution in [0.5, 0.6) is 0 Å². The summed E-state index contributed by atoms with van der Waals surface area (Å²) in [5, 5.41) is 0. The molecule has 0 radical (unpaired) electrons. The van der Waals surface area contributed by atoms with E-state index in [4.69, 9.17) is 9.47 Å². The summed E-state index contributed by atoms with van der Waals surface area (Å²) in [6.45, 7) is 6.99. The summed E-state index contributed by atoms with van der Waals surface area (Å²) >= 11 is 2.29. The lowest BCUT2D eigenvalue weighted by Crippen LogP contribution is -2.43. The van der Waals surface area contributed by atoms with Crippen LogP contribution >= 0.6 is 22.6 Å². The van der Waals surface area contributed by atoms with E-state index in [9.17, 15) is 0 Å². The molecule has 0 aromatic heterocycles. The molecule has 0 aromatic rings. The molecular formula is C15H27IO2. The number of unbranched alkanes of at least 4 members (excludes halogenated alkanes) is 1. The standard InChI is InChI=1S/C15H27IO2/c1-4-6-9-15(10-7-11-15)14(8-12-16)18-13(3)17-5-2/h8,12-14H,4-7,9-11H2,1-3H3. The minimum Gasteiger partial charge on any atom is -0.353 e. The predicted molar refractivity (Wildman–Crippen MR) is 84.9 cm³/mol. The smallest absolute Gasteiger partial charge is 0.155 e. The maximum absolute atomic E-state index is 6.12. The molecule has 106 valence electrons. The highest BCUT2D eigenvalue weighted by Gasteiger charge is 2.43. The fourth-order valence-corrected chi connectivity index (χ4v) is 3.15. The van der Waals surface area contributed by atoms with Gasteiger partial charge in [-0.15, -0.1) is 0 Å². The number of hydrogen-bond acceptors (Lipinski definition) is 2. The van der Waals surface area contributed by atoms with Gasteiger partial charge in [0.2, 0.25) is 0 Å². The van der Waals surface area contributed by atoms with Crippen LogP contribution in [0.3, 0.4) is 0 Å². The van der Waals surface area contributed by atoms with Crippen LogP contribution in [0, 0.1) is 5.41 Å².